The molecule has 0 unspecified atom stereocenters. The minimum atomic E-state index is -0.387. The summed E-state index contributed by atoms with van der Waals surface area (Å²) in [5.41, 5.74) is 1.57. The molecule has 3 aromatic rings. The van der Waals surface area contributed by atoms with Crippen molar-refractivity contribution < 1.29 is 9.53 Å². The van der Waals surface area contributed by atoms with Gasteiger partial charge in [0.05, 0.1) is 27.5 Å². The van der Waals surface area contributed by atoms with Crippen molar-refractivity contribution in [2.24, 2.45) is 0 Å². The molecule has 0 aliphatic heterocycles. The van der Waals surface area contributed by atoms with E-state index in [2.05, 4.69) is 10.3 Å². The van der Waals surface area contributed by atoms with Crippen LogP contribution in [-0.2, 0) is 6.61 Å². The zero-order chi connectivity index (χ0) is 19.2. The Hall–Kier alpha value is -3.07. The third kappa shape index (κ3) is 4.56. The van der Waals surface area contributed by atoms with Crippen LogP contribution in [0.3, 0.4) is 0 Å². The van der Waals surface area contributed by atoms with Crippen LogP contribution in [0.2, 0.25) is 10.0 Å². The number of nitriles is 1. The van der Waals surface area contributed by atoms with Gasteiger partial charge in [0.2, 0.25) is 0 Å². The number of halogens is 2. The predicted octanol–water partition coefficient (Wildman–Crippen LogP) is 5.09. The molecule has 0 radical (unpaired) electrons. The van der Waals surface area contributed by atoms with E-state index in [1.165, 1.54) is 0 Å². The number of hydrogen-bond acceptors (Lipinski definition) is 4. The van der Waals surface area contributed by atoms with Gasteiger partial charge in [0.25, 0.3) is 5.91 Å². The van der Waals surface area contributed by atoms with Crippen LogP contribution in [0.25, 0.3) is 0 Å². The average molecular weight is 398 g/mol. The van der Waals surface area contributed by atoms with Crippen molar-refractivity contribution in [3.8, 4) is 11.8 Å². The van der Waals surface area contributed by atoms with E-state index in [4.69, 9.17) is 33.2 Å². The molecule has 5 nitrogen and oxygen atoms in total. The minimum Gasteiger partial charge on any atom is -0.486 e. The van der Waals surface area contributed by atoms with Gasteiger partial charge in [-0.1, -0.05) is 35.3 Å². The van der Waals surface area contributed by atoms with Gasteiger partial charge in [-0.3, -0.25) is 9.78 Å². The lowest BCUT2D eigenvalue weighted by Crippen LogP contribution is -2.17. The Morgan fingerprint density at radius 1 is 1.15 bits per heavy atom. The molecule has 0 atom stereocenters. The normalized spacial score (nSPS) is 10.1. The summed E-state index contributed by atoms with van der Waals surface area (Å²) in [7, 11) is 0. The van der Waals surface area contributed by atoms with Crippen LogP contribution in [0.5, 0.6) is 5.75 Å². The maximum absolute atomic E-state index is 12.7. The van der Waals surface area contributed by atoms with Crippen LogP contribution in [0, 0.1) is 11.3 Å². The number of pyridine rings is 1. The molecule has 0 aliphatic carbocycles. The standard InChI is InChI=1S/C20H13Cl2N3O2/c21-14-7-8-16(22)19(10-14)27-12-18-15(5-3-9-24-18)20(26)25-17-6-2-1-4-13(17)11-23/h1-10H,12H2,(H,25,26). The maximum atomic E-state index is 12.7. The SMILES string of the molecule is N#Cc1ccccc1NC(=O)c1cccnc1COc1cc(Cl)ccc1Cl. The van der Waals surface area contributed by atoms with Gasteiger partial charge in [0.15, 0.2) is 0 Å². The molecule has 1 N–H and O–H groups in total. The van der Waals surface area contributed by atoms with Gasteiger partial charge in [0.1, 0.15) is 18.4 Å². The van der Waals surface area contributed by atoms with Gasteiger partial charge in [-0.05, 0) is 36.4 Å². The highest BCUT2D eigenvalue weighted by atomic mass is 35.5. The van der Waals surface area contributed by atoms with Crippen LogP contribution in [-0.4, -0.2) is 10.9 Å². The number of hydrogen-bond donors (Lipinski definition) is 1. The fourth-order valence-electron chi connectivity index (χ4n) is 2.37. The number of ether oxygens (including phenoxy) is 1. The number of rotatable bonds is 5. The highest BCUT2D eigenvalue weighted by Gasteiger charge is 2.15. The molecule has 2 aromatic carbocycles. The lowest BCUT2D eigenvalue weighted by Gasteiger charge is -2.12. The fourth-order valence-corrected chi connectivity index (χ4v) is 2.71. The van der Waals surface area contributed by atoms with Gasteiger partial charge >= 0.3 is 0 Å². The molecule has 1 aromatic heterocycles. The summed E-state index contributed by atoms with van der Waals surface area (Å²) in [5, 5.41) is 12.8. The molecule has 27 heavy (non-hydrogen) atoms. The maximum Gasteiger partial charge on any atom is 0.257 e. The zero-order valence-electron chi connectivity index (χ0n) is 13.9. The van der Waals surface area contributed by atoms with E-state index in [0.717, 1.165) is 0 Å². The summed E-state index contributed by atoms with van der Waals surface area (Å²) in [6.07, 6.45) is 1.57. The van der Waals surface area contributed by atoms with Gasteiger partial charge < -0.3 is 10.1 Å². The molecular formula is C20H13Cl2N3O2. The summed E-state index contributed by atoms with van der Waals surface area (Å²) >= 11 is 12.0. The lowest BCUT2D eigenvalue weighted by atomic mass is 10.1. The zero-order valence-corrected chi connectivity index (χ0v) is 15.5. The van der Waals surface area contributed by atoms with E-state index in [1.807, 2.05) is 6.07 Å². The van der Waals surface area contributed by atoms with Crippen molar-refractivity contribution in [3.05, 3.63) is 87.7 Å². The monoisotopic (exact) mass is 397 g/mol. The summed E-state index contributed by atoms with van der Waals surface area (Å²) in [4.78, 5) is 16.9. The van der Waals surface area contributed by atoms with Crippen LogP contribution in [0.15, 0.2) is 60.8 Å². The molecule has 0 spiro atoms. The van der Waals surface area contributed by atoms with Crippen molar-refractivity contribution in [2.45, 2.75) is 6.61 Å². The second kappa shape index (κ2) is 8.54. The molecule has 1 amide bonds. The van der Waals surface area contributed by atoms with E-state index in [1.54, 1.807) is 60.8 Å². The van der Waals surface area contributed by atoms with Gasteiger partial charge in [-0.25, -0.2) is 0 Å². The summed E-state index contributed by atoms with van der Waals surface area (Å²) in [6.45, 7) is 0.0313. The van der Waals surface area contributed by atoms with Crippen LogP contribution < -0.4 is 10.1 Å². The molecular weight excluding hydrogens is 385 g/mol. The Balaban J connectivity index is 1.80. The fraction of sp³-hybridized carbons (Fsp3) is 0.0500. The Morgan fingerprint density at radius 2 is 1.96 bits per heavy atom. The number of nitrogens with zero attached hydrogens (tertiary/aromatic N) is 2. The first-order valence-electron chi connectivity index (χ1n) is 7.90. The third-order valence-electron chi connectivity index (χ3n) is 3.69. The first kappa shape index (κ1) is 18.7. The number of anilines is 1. The molecule has 7 heteroatoms. The molecule has 3 rings (SSSR count). The van der Waals surface area contributed by atoms with E-state index in [-0.39, 0.29) is 12.5 Å². The summed E-state index contributed by atoms with van der Waals surface area (Å²) in [6, 6.07) is 17.0. The van der Waals surface area contributed by atoms with Crippen molar-refractivity contribution in [2.75, 3.05) is 5.32 Å². The molecule has 1 heterocycles. The van der Waals surface area contributed by atoms with E-state index < -0.39 is 0 Å². The van der Waals surface area contributed by atoms with Crippen molar-refractivity contribution in [1.29, 1.82) is 5.26 Å². The van der Waals surface area contributed by atoms with Crippen LogP contribution in [0.1, 0.15) is 21.6 Å². The topological polar surface area (TPSA) is 75.0 Å². The Bertz CT molecular complexity index is 1030. The third-order valence-corrected chi connectivity index (χ3v) is 4.24. The smallest absolute Gasteiger partial charge is 0.257 e. The van der Waals surface area contributed by atoms with Crippen molar-refractivity contribution in [3.63, 3.8) is 0 Å². The van der Waals surface area contributed by atoms with Gasteiger partial charge in [-0.15, -0.1) is 0 Å². The molecule has 0 aliphatic rings. The molecule has 0 fully saturated rings. The molecule has 0 bridgehead atoms. The lowest BCUT2D eigenvalue weighted by molar-refractivity contribution is 0.102. The summed E-state index contributed by atoms with van der Waals surface area (Å²) < 4.78 is 5.68. The second-order valence-corrected chi connectivity index (χ2v) is 6.32. The predicted molar refractivity (Wildman–Crippen MR) is 104 cm³/mol. The number of nitrogens with one attached hydrogen (secondary N) is 1. The Kier molecular flexibility index (Phi) is 5.92. The highest BCUT2D eigenvalue weighted by molar-refractivity contribution is 6.34. The van der Waals surface area contributed by atoms with Crippen molar-refractivity contribution >= 4 is 34.8 Å². The number of carbonyl (C=O) groups is 1. The average Bonchev–Trinajstić information content (AvgIpc) is 2.69. The van der Waals surface area contributed by atoms with Crippen LogP contribution >= 0.6 is 23.2 Å². The second-order valence-electron chi connectivity index (χ2n) is 5.47. The van der Waals surface area contributed by atoms with E-state index >= 15 is 0 Å². The molecule has 0 saturated heterocycles. The number of aromatic nitrogens is 1. The largest absolute Gasteiger partial charge is 0.486 e. The summed E-state index contributed by atoms with van der Waals surface area (Å²) in [5.74, 6) is 0.0117. The Morgan fingerprint density at radius 3 is 2.78 bits per heavy atom. The first-order valence-corrected chi connectivity index (χ1v) is 8.66. The van der Waals surface area contributed by atoms with Crippen LogP contribution in [0.4, 0.5) is 5.69 Å². The minimum absolute atomic E-state index is 0.0313. The van der Waals surface area contributed by atoms with Gasteiger partial charge in [-0.2, -0.15) is 5.26 Å². The van der Waals surface area contributed by atoms with E-state index in [0.29, 0.717) is 38.3 Å². The first-order chi connectivity index (χ1) is 13.1. The Labute approximate surface area is 166 Å². The highest BCUT2D eigenvalue weighted by Crippen LogP contribution is 2.28. The van der Waals surface area contributed by atoms with Gasteiger partial charge in [0, 0.05) is 17.3 Å². The quantitative estimate of drug-likeness (QED) is 0.650. The number of amides is 1. The number of carbonyl (C=O) groups excluding carboxylic acids is 1. The molecule has 0 saturated carbocycles. The number of para-hydroxylation sites is 1. The molecule has 134 valence electrons. The number of benzene rings is 2. The van der Waals surface area contributed by atoms with E-state index in [9.17, 15) is 4.79 Å². The van der Waals surface area contributed by atoms with Crippen molar-refractivity contribution in [1.82, 2.24) is 4.98 Å².